The summed E-state index contributed by atoms with van der Waals surface area (Å²) in [5.41, 5.74) is 1.61. The third kappa shape index (κ3) is 2.36. The molecule has 0 spiro atoms. The number of benzene rings is 1. The smallest absolute Gasteiger partial charge is 0.311 e. The van der Waals surface area contributed by atoms with E-state index in [1.165, 1.54) is 12.1 Å². The summed E-state index contributed by atoms with van der Waals surface area (Å²) in [6.45, 7) is 2.10. The predicted molar refractivity (Wildman–Crippen MR) is 65.7 cm³/mol. The van der Waals surface area contributed by atoms with Crippen molar-refractivity contribution in [1.29, 1.82) is 0 Å². The van der Waals surface area contributed by atoms with E-state index in [-0.39, 0.29) is 11.4 Å². The molecule has 0 saturated carbocycles. The standard InChI is InChI=1S/C13H13NO3/c1-9-3-2-4-10(7-9)11-5-6-13(15)12(8-11)14(16)17/h2-6,8-9,15H,7H2,1H3. The normalized spacial score (nSPS) is 18.9. The van der Waals surface area contributed by atoms with Crippen LogP contribution in [-0.2, 0) is 0 Å². The Hall–Kier alpha value is -2.10. The SMILES string of the molecule is CC1C=CC=C(c2ccc(O)c([N+](=O)[O-])c2)C1. The van der Waals surface area contributed by atoms with Crippen molar-refractivity contribution in [3.8, 4) is 5.75 Å². The van der Waals surface area contributed by atoms with Crippen LogP contribution in [0.3, 0.4) is 0 Å². The van der Waals surface area contributed by atoms with Crippen LogP contribution in [0.1, 0.15) is 18.9 Å². The minimum absolute atomic E-state index is 0.245. The minimum Gasteiger partial charge on any atom is -0.502 e. The number of nitro groups is 1. The molecule has 4 nitrogen and oxygen atoms in total. The third-order valence-electron chi connectivity index (χ3n) is 2.82. The highest BCUT2D eigenvalue weighted by Gasteiger charge is 2.16. The fourth-order valence-corrected chi connectivity index (χ4v) is 1.93. The van der Waals surface area contributed by atoms with Crippen LogP contribution in [0.5, 0.6) is 5.75 Å². The Morgan fingerprint density at radius 1 is 1.47 bits per heavy atom. The Bertz CT molecular complexity index is 517. The molecule has 0 amide bonds. The number of rotatable bonds is 2. The molecular weight excluding hydrogens is 218 g/mol. The summed E-state index contributed by atoms with van der Waals surface area (Å²) in [5.74, 6) is 0.140. The van der Waals surface area contributed by atoms with Gasteiger partial charge in [-0.15, -0.1) is 0 Å². The molecule has 17 heavy (non-hydrogen) atoms. The second-order valence-corrected chi connectivity index (χ2v) is 4.22. The highest BCUT2D eigenvalue weighted by molar-refractivity contribution is 5.71. The molecule has 1 unspecified atom stereocenters. The van der Waals surface area contributed by atoms with E-state index in [1.807, 2.05) is 12.2 Å². The molecule has 1 atom stereocenters. The van der Waals surface area contributed by atoms with Crippen LogP contribution >= 0.6 is 0 Å². The van der Waals surface area contributed by atoms with Crippen LogP contribution in [-0.4, -0.2) is 10.0 Å². The lowest BCUT2D eigenvalue weighted by Gasteiger charge is -2.14. The number of phenols is 1. The van der Waals surface area contributed by atoms with Crippen LogP contribution in [0.2, 0.25) is 0 Å². The minimum atomic E-state index is -0.568. The molecule has 0 aliphatic heterocycles. The van der Waals surface area contributed by atoms with E-state index >= 15 is 0 Å². The van der Waals surface area contributed by atoms with Gasteiger partial charge in [0.1, 0.15) is 0 Å². The molecule has 0 fully saturated rings. The van der Waals surface area contributed by atoms with Gasteiger partial charge in [0.05, 0.1) is 4.92 Å². The Labute approximate surface area is 99.0 Å². The zero-order valence-electron chi connectivity index (χ0n) is 9.46. The highest BCUT2D eigenvalue weighted by atomic mass is 16.6. The van der Waals surface area contributed by atoms with E-state index in [4.69, 9.17) is 0 Å². The van der Waals surface area contributed by atoms with Gasteiger partial charge in [0.15, 0.2) is 5.75 Å². The van der Waals surface area contributed by atoms with E-state index in [2.05, 4.69) is 13.0 Å². The van der Waals surface area contributed by atoms with Crippen LogP contribution < -0.4 is 0 Å². The average molecular weight is 231 g/mol. The van der Waals surface area contributed by atoms with Crippen LogP contribution in [0, 0.1) is 16.0 Å². The van der Waals surface area contributed by atoms with E-state index in [9.17, 15) is 15.2 Å². The van der Waals surface area contributed by atoms with E-state index < -0.39 is 4.92 Å². The molecule has 0 radical (unpaired) electrons. The maximum Gasteiger partial charge on any atom is 0.311 e. The van der Waals surface area contributed by atoms with Crippen molar-refractivity contribution in [2.75, 3.05) is 0 Å². The van der Waals surface area contributed by atoms with Crippen molar-refractivity contribution in [1.82, 2.24) is 0 Å². The lowest BCUT2D eigenvalue weighted by Crippen LogP contribution is -1.98. The van der Waals surface area contributed by atoms with Crippen molar-refractivity contribution >= 4 is 11.3 Å². The number of hydrogen-bond donors (Lipinski definition) is 1. The molecule has 1 aromatic carbocycles. The van der Waals surface area contributed by atoms with Gasteiger partial charge >= 0.3 is 5.69 Å². The molecule has 0 heterocycles. The third-order valence-corrected chi connectivity index (χ3v) is 2.82. The molecule has 0 aromatic heterocycles. The van der Waals surface area contributed by atoms with Gasteiger partial charge in [-0.25, -0.2) is 0 Å². The monoisotopic (exact) mass is 231 g/mol. The first-order valence-electron chi connectivity index (χ1n) is 5.43. The molecule has 2 rings (SSSR count). The summed E-state index contributed by atoms with van der Waals surface area (Å²) >= 11 is 0. The van der Waals surface area contributed by atoms with Crippen molar-refractivity contribution in [2.45, 2.75) is 13.3 Å². The first kappa shape index (κ1) is 11.4. The van der Waals surface area contributed by atoms with Gasteiger partial charge in [-0.2, -0.15) is 0 Å². The quantitative estimate of drug-likeness (QED) is 0.627. The van der Waals surface area contributed by atoms with E-state index in [1.54, 1.807) is 6.07 Å². The van der Waals surface area contributed by atoms with Gasteiger partial charge in [0.25, 0.3) is 0 Å². The second-order valence-electron chi connectivity index (χ2n) is 4.22. The summed E-state index contributed by atoms with van der Waals surface area (Å²) in [6, 6.07) is 4.50. The zero-order chi connectivity index (χ0) is 12.4. The van der Waals surface area contributed by atoms with E-state index in [0.717, 1.165) is 17.6 Å². The van der Waals surface area contributed by atoms with Crippen LogP contribution in [0.4, 0.5) is 5.69 Å². The summed E-state index contributed by atoms with van der Waals surface area (Å²) < 4.78 is 0. The predicted octanol–water partition coefficient (Wildman–Crippen LogP) is 3.28. The largest absolute Gasteiger partial charge is 0.502 e. The van der Waals surface area contributed by atoms with Gasteiger partial charge in [0, 0.05) is 6.07 Å². The molecule has 4 heteroatoms. The van der Waals surface area contributed by atoms with Crippen molar-refractivity contribution in [3.05, 3.63) is 52.1 Å². The number of aromatic hydroxyl groups is 1. The molecule has 1 N–H and O–H groups in total. The summed E-state index contributed by atoms with van der Waals surface area (Å²) in [7, 11) is 0. The summed E-state index contributed by atoms with van der Waals surface area (Å²) in [6.07, 6.45) is 6.87. The number of nitro benzene ring substituents is 1. The fraction of sp³-hybridized carbons (Fsp3) is 0.231. The van der Waals surface area contributed by atoms with Crippen LogP contribution in [0.15, 0.2) is 36.4 Å². The Balaban J connectivity index is 2.40. The Kier molecular flexibility index (Phi) is 2.95. The first-order chi connectivity index (χ1) is 8.08. The lowest BCUT2D eigenvalue weighted by atomic mass is 9.91. The van der Waals surface area contributed by atoms with Crippen molar-refractivity contribution in [2.24, 2.45) is 5.92 Å². The van der Waals surface area contributed by atoms with Gasteiger partial charge in [-0.1, -0.05) is 31.2 Å². The molecule has 0 bridgehead atoms. The number of nitrogens with zero attached hydrogens (tertiary/aromatic N) is 1. The topological polar surface area (TPSA) is 63.4 Å². The number of hydrogen-bond acceptors (Lipinski definition) is 3. The summed E-state index contributed by atoms with van der Waals surface area (Å²) in [5, 5.41) is 20.1. The van der Waals surface area contributed by atoms with Gasteiger partial charge in [0.2, 0.25) is 0 Å². The van der Waals surface area contributed by atoms with Gasteiger partial charge < -0.3 is 5.11 Å². The zero-order valence-corrected chi connectivity index (χ0v) is 9.46. The van der Waals surface area contributed by atoms with Gasteiger partial charge in [-0.3, -0.25) is 10.1 Å². The molecule has 1 aromatic rings. The Morgan fingerprint density at radius 3 is 2.88 bits per heavy atom. The van der Waals surface area contributed by atoms with Crippen LogP contribution in [0.25, 0.3) is 5.57 Å². The van der Waals surface area contributed by atoms with Crippen molar-refractivity contribution < 1.29 is 10.0 Å². The number of phenolic OH excluding ortho intramolecular Hbond substituents is 1. The molecular formula is C13H13NO3. The average Bonchev–Trinajstić information content (AvgIpc) is 2.29. The Morgan fingerprint density at radius 2 is 2.24 bits per heavy atom. The maximum absolute atomic E-state index is 10.7. The van der Waals surface area contributed by atoms with Crippen molar-refractivity contribution in [3.63, 3.8) is 0 Å². The summed E-state index contributed by atoms with van der Waals surface area (Å²) in [4.78, 5) is 10.2. The lowest BCUT2D eigenvalue weighted by molar-refractivity contribution is -0.385. The van der Waals surface area contributed by atoms with Gasteiger partial charge in [-0.05, 0) is 29.5 Å². The highest BCUT2D eigenvalue weighted by Crippen LogP contribution is 2.33. The first-order valence-corrected chi connectivity index (χ1v) is 5.43. The molecule has 1 aliphatic carbocycles. The molecule has 1 aliphatic rings. The molecule has 88 valence electrons. The fourth-order valence-electron chi connectivity index (χ4n) is 1.93. The second kappa shape index (κ2) is 4.41. The van der Waals surface area contributed by atoms with E-state index in [0.29, 0.717) is 5.92 Å². The maximum atomic E-state index is 10.7. The molecule has 0 saturated heterocycles. The number of allylic oxidation sites excluding steroid dienone is 4.